The van der Waals surface area contributed by atoms with Crippen molar-refractivity contribution in [2.75, 3.05) is 35.4 Å². The molecule has 174 valence electrons. The van der Waals surface area contributed by atoms with Gasteiger partial charge in [0.1, 0.15) is 5.56 Å². The molecule has 1 fully saturated rings. The van der Waals surface area contributed by atoms with Gasteiger partial charge in [0.15, 0.2) is 0 Å². The van der Waals surface area contributed by atoms with E-state index in [4.69, 9.17) is 11.6 Å². The summed E-state index contributed by atoms with van der Waals surface area (Å²) in [5.41, 5.74) is 0.681. The van der Waals surface area contributed by atoms with Crippen LogP contribution in [0, 0.1) is 0 Å². The number of rotatable bonds is 7. The molecule has 10 heteroatoms. The van der Waals surface area contributed by atoms with Gasteiger partial charge in [0.2, 0.25) is 15.5 Å². The van der Waals surface area contributed by atoms with Crippen LogP contribution in [-0.4, -0.2) is 49.6 Å². The molecule has 1 saturated heterocycles. The number of piperidine rings is 1. The van der Waals surface area contributed by atoms with Crippen LogP contribution in [0.1, 0.15) is 29.6 Å². The number of para-hydroxylation sites is 1. The Kier molecular flexibility index (Phi) is 7.02. The zero-order chi connectivity index (χ0) is 23.4. The van der Waals surface area contributed by atoms with Crippen molar-refractivity contribution in [1.82, 2.24) is 9.88 Å². The third kappa shape index (κ3) is 5.93. The lowest BCUT2D eigenvalue weighted by atomic mass is 10.1. The summed E-state index contributed by atoms with van der Waals surface area (Å²) in [5.74, 6) is -0.656. The van der Waals surface area contributed by atoms with Crippen LogP contribution in [0.2, 0.25) is 5.02 Å². The third-order valence-electron chi connectivity index (χ3n) is 5.59. The number of nitrogens with one attached hydrogen (secondary N) is 3. The zero-order valence-corrected chi connectivity index (χ0v) is 19.5. The highest BCUT2D eigenvalue weighted by molar-refractivity contribution is 7.92. The Morgan fingerprint density at radius 2 is 1.79 bits per heavy atom. The van der Waals surface area contributed by atoms with Crippen molar-refractivity contribution in [2.24, 2.45) is 0 Å². The summed E-state index contributed by atoms with van der Waals surface area (Å²) in [5, 5.41) is 3.27. The number of benzene rings is 2. The van der Waals surface area contributed by atoms with Crippen molar-refractivity contribution in [3.8, 4) is 0 Å². The summed E-state index contributed by atoms with van der Waals surface area (Å²) in [6.07, 6.45) is 4.72. The Bertz CT molecular complexity index is 1330. The van der Waals surface area contributed by atoms with E-state index in [1.54, 1.807) is 24.3 Å². The van der Waals surface area contributed by atoms with Crippen LogP contribution in [-0.2, 0) is 10.0 Å². The standard InChI is InChI=1S/C23H25ClN4O4S/c24-16-12-17(26-23(30)20-15-25-21-7-3-2-6-19(21)22(20)29)14-18(13-16)27-33(31,32)11-10-28-8-4-1-5-9-28/h2-3,6-7,12-15,27H,1,4-5,8-11H2,(H,25,29)(H,26,30). The minimum atomic E-state index is -3.60. The van der Waals surface area contributed by atoms with Crippen molar-refractivity contribution in [3.63, 3.8) is 0 Å². The first-order chi connectivity index (χ1) is 15.8. The number of pyridine rings is 1. The predicted octanol–water partition coefficient (Wildman–Crippen LogP) is 3.66. The Morgan fingerprint density at radius 3 is 2.58 bits per heavy atom. The number of carbonyl (C=O) groups excluding carboxylic acids is 1. The Hall–Kier alpha value is -2.88. The lowest BCUT2D eigenvalue weighted by Crippen LogP contribution is -2.35. The van der Waals surface area contributed by atoms with Crippen LogP contribution in [0.4, 0.5) is 11.4 Å². The van der Waals surface area contributed by atoms with Crippen molar-refractivity contribution in [3.05, 3.63) is 69.5 Å². The molecule has 33 heavy (non-hydrogen) atoms. The molecule has 8 nitrogen and oxygen atoms in total. The van der Waals surface area contributed by atoms with Gasteiger partial charge >= 0.3 is 0 Å². The van der Waals surface area contributed by atoms with Crippen LogP contribution >= 0.6 is 11.6 Å². The molecule has 2 heterocycles. The maximum absolute atomic E-state index is 12.7. The minimum absolute atomic E-state index is 0.0341. The first-order valence-electron chi connectivity index (χ1n) is 10.8. The van der Waals surface area contributed by atoms with Gasteiger partial charge in [-0.1, -0.05) is 30.2 Å². The maximum atomic E-state index is 12.7. The first kappa shape index (κ1) is 23.3. The van der Waals surface area contributed by atoms with Gasteiger partial charge in [0.25, 0.3) is 5.91 Å². The number of H-pyrrole nitrogens is 1. The fourth-order valence-electron chi connectivity index (χ4n) is 3.92. The number of nitrogens with zero attached hydrogens (tertiary/aromatic N) is 1. The number of halogens is 1. The van der Waals surface area contributed by atoms with Gasteiger partial charge in [-0.25, -0.2) is 8.42 Å². The van der Waals surface area contributed by atoms with Gasteiger partial charge in [0.05, 0.1) is 11.4 Å². The molecule has 1 amide bonds. The Balaban J connectivity index is 1.47. The number of carbonyl (C=O) groups is 1. The number of aromatic nitrogens is 1. The smallest absolute Gasteiger partial charge is 0.261 e. The number of likely N-dealkylation sites (tertiary alicyclic amines) is 1. The summed E-state index contributed by atoms with van der Waals surface area (Å²) in [6, 6.07) is 11.3. The molecule has 3 N–H and O–H groups in total. The number of hydrogen-bond acceptors (Lipinski definition) is 5. The quantitative estimate of drug-likeness (QED) is 0.470. The zero-order valence-electron chi connectivity index (χ0n) is 17.9. The molecule has 0 saturated carbocycles. The second-order valence-electron chi connectivity index (χ2n) is 8.08. The summed E-state index contributed by atoms with van der Waals surface area (Å²) in [4.78, 5) is 30.5. The number of fused-ring (bicyclic) bond motifs is 1. The van der Waals surface area contributed by atoms with E-state index in [-0.39, 0.29) is 27.7 Å². The molecule has 1 aromatic heterocycles. The molecule has 0 spiro atoms. The molecule has 0 aliphatic carbocycles. The summed E-state index contributed by atoms with van der Waals surface area (Å²) in [6.45, 7) is 2.29. The van der Waals surface area contributed by atoms with Gasteiger partial charge < -0.3 is 15.2 Å². The Morgan fingerprint density at radius 1 is 1.06 bits per heavy atom. The van der Waals surface area contributed by atoms with Crippen molar-refractivity contribution in [2.45, 2.75) is 19.3 Å². The number of sulfonamides is 1. The van der Waals surface area contributed by atoms with Gasteiger partial charge in [-0.3, -0.25) is 14.3 Å². The highest BCUT2D eigenvalue weighted by Gasteiger charge is 2.17. The van der Waals surface area contributed by atoms with E-state index in [0.717, 1.165) is 25.9 Å². The molecular weight excluding hydrogens is 464 g/mol. The Labute approximate surface area is 197 Å². The summed E-state index contributed by atoms with van der Waals surface area (Å²) >= 11 is 6.15. The van der Waals surface area contributed by atoms with E-state index in [1.807, 2.05) is 0 Å². The number of anilines is 2. The van der Waals surface area contributed by atoms with Crippen LogP contribution in [0.15, 0.2) is 53.5 Å². The van der Waals surface area contributed by atoms with Crippen molar-refractivity contribution in [1.29, 1.82) is 0 Å². The van der Waals surface area contributed by atoms with E-state index in [9.17, 15) is 18.0 Å². The van der Waals surface area contributed by atoms with Crippen molar-refractivity contribution < 1.29 is 13.2 Å². The molecule has 1 aliphatic heterocycles. The van der Waals surface area contributed by atoms with Gasteiger partial charge in [0, 0.05) is 34.4 Å². The topological polar surface area (TPSA) is 111 Å². The van der Waals surface area contributed by atoms with E-state index in [0.29, 0.717) is 17.4 Å². The van der Waals surface area contributed by atoms with E-state index in [2.05, 4.69) is 19.9 Å². The maximum Gasteiger partial charge on any atom is 0.261 e. The lowest BCUT2D eigenvalue weighted by molar-refractivity contribution is 0.102. The molecule has 0 atom stereocenters. The fraction of sp³-hybridized carbons (Fsp3) is 0.304. The molecule has 0 unspecified atom stereocenters. The minimum Gasteiger partial charge on any atom is -0.360 e. The normalized spacial score (nSPS) is 14.8. The second-order valence-corrected chi connectivity index (χ2v) is 10.4. The van der Waals surface area contributed by atoms with Gasteiger partial charge in [-0.2, -0.15) is 0 Å². The average molecular weight is 489 g/mol. The summed E-state index contributed by atoms with van der Waals surface area (Å²) in [7, 11) is -3.60. The molecule has 2 aromatic carbocycles. The largest absolute Gasteiger partial charge is 0.360 e. The third-order valence-corrected chi connectivity index (χ3v) is 7.07. The molecule has 0 radical (unpaired) electrons. The highest BCUT2D eigenvalue weighted by Crippen LogP contribution is 2.24. The highest BCUT2D eigenvalue weighted by atomic mass is 35.5. The van der Waals surface area contributed by atoms with Crippen LogP contribution in [0.25, 0.3) is 10.9 Å². The molecule has 3 aromatic rings. The van der Waals surface area contributed by atoms with Gasteiger partial charge in [-0.15, -0.1) is 0 Å². The monoisotopic (exact) mass is 488 g/mol. The van der Waals surface area contributed by atoms with Crippen LogP contribution in [0.3, 0.4) is 0 Å². The molecule has 0 bridgehead atoms. The SMILES string of the molecule is O=C(Nc1cc(Cl)cc(NS(=O)(=O)CCN2CCCCC2)c1)c1c[nH]c2ccccc2c1=O. The molecule has 1 aliphatic rings. The van der Waals surface area contributed by atoms with E-state index in [1.165, 1.54) is 30.8 Å². The number of aromatic amines is 1. The summed E-state index contributed by atoms with van der Waals surface area (Å²) < 4.78 is 27.7. The second kappa shape index (κ2) is 9.94. The first-order valence-corrected chi connectivity index (χ1v) is 12.8. The van der Waals surface area contributed by atoms with Crippen LogP contribution in [0.5, 0.6) is 0 Å². The van der Waals surface area contributed by atoms with E-state index >= 15 is 0 Å². The fourth-order valence-corrected chi connectivity index (χ4v) is 5.23. The van der Waals surface area contributed by atoms with Gasteiger partial charge in [-0.05, 0) is 56.3 Å². The van der Waals surface area contributed by atoms with Crippen LogP contribution < -0.4 is 15.5 Å². The van der Waals surface area contributed by atoms with E-state index < -0.39 is 21.4 Å². The average Bonchev–Trinajstić information content (AvgIpc) is 2.78. The van der Waals surface area contributed by atoms with Crippen molar-refractivity contribution >= 4 is 49.8 Å². The molecule has 4 rings (SSSR count). The lowest BCUT2D eigenvalue weighted by Gasteiger charge is -2.26. The molecular formula is C23H25ClN4O4S. The predicted molar refractivity (Wildman–Crippen MR) is 132 cm³/mol. The number of hydrogen-bond donors (Lipinski definition) is 3. The number of amides is 1.